The van der Waals surface area contributed by atoms with Gasteiger partial charge in [-0.1, -0.05) is 14.8 Å². The molecule has 2 aliphatic rings. The molecule has 2 saturated heterocycles. The standard InChI is InChI=1S/C33H42BrN8O2P/c1-6-21-16-27(29(43-3)17-28(21)41-14-10-22(11-15-41)42-19-23(20-42)44-7-2)39-33-37-18-24(34)32(40-33)38-26-9-8-25-30(31(26)45(4)5)36-13-12-35-25/h8-9,12-13,16-18,22-23H,6-7,10-11,14-15,19-20H2,1-5H3,(H2,37,38,39,40). The highest BCUT2D eigenvalue weighted by Crippen LogP contribution is 2.38. The Balaban J connectivity index is 1.20. The van der Waals surface area contributed by atoms with Crippen molar-refractivity contribution in [2.75, 3.05) is 68.8 Å². The number of benzene rings is 2. The molecule has 0 atom stereocenters. The number of fused-ring (bicyclic) bond motifs is 1. The molecule has 2 N–H and O–H groups in total. The molecule has 2 aromatic carbocycles. The lowest BCUT2D eigenvalue weighted by molar-refractivity contribution is -0.0712. The molecular formula is C33H42BrN8O2P. The van der Waals surface area contributed by atoms with Crippen LogP contribution in [0.1, 0.15) is 32.3 Å². The van der Waals surface area contributed by atoms with E-state index in [1.54, 1.807) is 25.7 Å². The number of hydrogen-bond donors (Lipinski definition) is 2. The van der Waals surface area contributed by atoms with Crippen molar-refractivity contribution in [3.05, 3.63) is 52.9 Å². The van der Waals surface area contributed by atoms with Gasteiger partial charge in [-0.05, 0) is 79.2 Å². The number of likely N-dealkylation sites (tertiary alicyclic amines) is 1. The summed E-state index contributed by atoms with van der Waals surface area (Å²) < 4.78 is 12.4. The predicted octanol–water partition coefficient (Wildman–Crippen LogP) is 6.30. The largest absolute Gasteiger partial charge is 0.494 e. The lowest BCUT2D eigenvalue weighted by Gasteiger charge is -2.47. The van der Waals surface area contributed by atoms with Crippen molar-refractivity contribution in [3.8, 4) is 5.75 Å². The van der Waals surface area contributed by atoms with Gasteiger partial charge >= 0.3 is 0 Å². The molecule has 45 heavy (non-hydrogen) atoms. The fourth-order valence-corrected chi connectivity index (χ4v) is 7.88. The molecule has 2 fully saturated rings. The molecule has 6 rings (SSSR count). The van der Waals surface area contributed by atoms with E-state index in [1.165, 1.54) is 11.3 Å². The van der Waals surface area contributed by atoms with Crippen LogP contribution in [0.2, 0.25) is 0 Å². The summed E-state index contributed by atoms with van der Waals surface area (Å²) in [6.07, 6.45) is 8.89. The van der Waals surface area contributed by atoms with Gasteiger partial charge in [0.05, 0.1) is 34.4 Å². The molecule has 0 amide bonds. The Morgan fingerprint density at radius 3 is 2.49 bits per heavy atom. The average Bonchev–Trinajstić information content (AvgIpc) is 3.03. The number of aryl methyl sites for hydroxylation is 1. The number of hydrogen-bond acceptors (Lipinski definition) is 10. The number of nitrogens with one attached hydrogen (secondary N) is 2. The van der Waals surface area contributed by atoms with Crippen molar-refractivity contribution >= 4 is 69.0 Å². The van der Waals surface area contributed by atoms with Gasteiger partial charge in [-0.25, -0.2) is 4.98 Å². The fourth-order valence-electron chi connectivity index (χ4n) is 6.38. The van der Waals surface area contributed by atoms with Crippen LogP contribution in [0.15, 0.2) is 47.3 Å². The molecular weight excluding hydrogens is 651 g/mol. The van der Waals surface area contributed by atoms with Crippen LogP contribution in [0.4, 0.5) is 28.8 Å². The number of aromatic nitrogens is 4. The smallest absolute Gasteiger partial charge is 0.229 e. The van der Waals surface area contributed by atoms with E-state index in [0.717, 1.165) is 90.0 Å². The molecule has 12 heteroatoms. The monoisotopic (exact) mass is 692 g/mol. The zero-order valence-electron chi connectivity index (χ0n) is 26.7. The van der Waals surface area contributed by atoms with Crippen LogP contribution >= 0.6 is 23.9 Å². The Labute approximate surface area is 275 Å². The predicted molar refractivity (Wildman–Crippen MR) is 189 cm³/mol. The number of methoxy groups -OCH3 is 1. The maximum Gasteiger partial charge on any atom is 0.229 e. The molecule has 0 saturated carbocycles. The maximum absolute atomic E-state index is 5.90. The second-order valence-corrected chi connectivity index (χ2v) is 14.8. The van der Waals surface area contributed by atoms with Crippen molar-refractivity contribution < 1.29 is 9.47 Å². The minimum atomic E-state index is -0.465. The maximum atomic E-state index is 5.90. The first-order chi connectivity index (χ1) is 21.9. The minimum absolute atomic E-state index is 0.414. The molecule has 0 radical (unpaired) electrons. The second kappa shape index (κ2) is 14.1. The summed E-state index contributed by atoms with van der Waals surface area (Å²) in [6.45, 7) is 13.7. The highest BCUT2D eigenvalue weighted by molar-refractivity contribution is 9.10. The van der Waals surface area contributed by atoms with E-state index in [2.05, 4.69) is 96.7 Å². The summed E-state index contributed by atoms with van der Waals surface area (Å²) in [7, 11) is 1.25. The first-order valence-electron chi connectivity index (χ1n) is 15.7. The number of nitrogens with zero attached hydrogens (tertiary/aromatic N) is 6. The summed E-state index contributed by atoms with van der Waals surface area (Å²) in [5.41, 5.74) is 6.13. The summed E-state index contributed by atoms with van der Waals surface area (Å²) >= 11 is 3.64. The van der Waals surface area contributed by atoms with E-state index in [-0.39, 0.29) is 0 Å². The summed E-state index contributed by atoms with van der Waals surface area (Å²) in [5.74, 6) is 1.91. The Bertz CT molecular complexity index is 1640. The van der Waals surface area contributed by atoms with Gasteiger partial charge in [-0.2, -0.15) is 4.98 Å². The zero-order chi connectivity index (χ0) is 31.5. The number of halogens is 1. The number of anilines is 5. The third kappa shape index (κ3) is 6.87. The molecule has 2 aromatic heterocycles. The molecule has 0 aliphatic carbocycles. The molecule has 10 nitrogen and oxygen atoms in total. The molecule has 0 unspecified atom stereocenters. The van der Waals surface area contributed by atoms with Gasteiger partial charge in [0, 0.05) is 80.2 Å². The van der Waals surface area contributed by atoms with E-state index in [1.807, 2.05) is 6.07 Å². The van der Waals surface area contributed by atoms with Crippen LogP contribution in [-0.4, -0.2) is 90.2 Å². The van der Waals surface area contributed by atoms with E-state index >= 15 is 0 Å². The lowest BCUT2D eigenvalue weighted by Crippen LogP contribution is -2.58. The SMILES string of the molecule is CCOC1CN(C2CCN(c3cc(OC)c(Nc4ncc(Br)c(Nc5ccc6nccnc6c5P(C)C)n4)cc3CC)CC2)C1. The Morgan fingerprint density at radius 1 is 1.00 bits per heavy atom. The molecule has 238 valence electrons. The summed E-state index contributed by atoms with van der Waals surface area (Å²) in [5, 5.41) is 8.13. The topological polar surface area (TPSA) is 101 Å². The molecule has 0 spiro atoms. The van der Waals surface area contributed by atoms with Gasteiger partial charge in [-0.3, -0.25) is 14.9 Å². The molecule has 4 heterocycles. The zero-order valence-corrected chi connectivity index (χ0v) is 29.2. The van der Waals surface area contributed by atoms with Crippen LogP contribution in [0, 0.1) is 0 Å². The Hall–Kier alpha value is -3.11. The van der Waals surface area contributed by atoms with Gasteiger partial charge in [0.2, 0.25) is 5.95 Å². The van der Waals surface area contributed by atoms with Gasteiger partial charge < -0.3 is 25.0 Å². The Kier molecular flexibility index (Phi) is 9.99. The normalized spacial score (nSPS) is 16.3. The van der Waals surface area contributed by atoms with Gasteiger partial charge in [0.1, 0.15) is 11.6 Å². The van der Waals surface area contributed by atoms with Gasteiger partial charge in [0.15, 0.2) is 0 Å². The first kappa shape index (κ1) is 31.9. The number of rotatable bonds is 11. The van der Waals surface area contributed by atoms with Crippen molar-refractivity contribution in [2.45, 2.75) is 45.3 Å². The van der Waals surface area contributed by atoms with Gasteiger partial charge in [-0.15, -0.1) is 0 Å². The van der Waals surface area contributed by atoms with E-state index in [0.29, 0.717) is 23.9 Å². The molecule has 4 aromatic rings. The third-order valence-corrected chi connectivity index (χ3v) is 10.6. The second-order valence-electron chi connectivity index (χ2n) is 11.7. The molecule has 2 aliphatic heterocycles. The highest BCUT2D eigenvalue weighted by atomic mass is 79.9. The number of ether oxygens (including phenoxy) is 2. The van der Waals surface area contributed by atoms with Crippen molar-refractivity contribution in [3.63, 3.8) is 0 Å². The lowest BCUT2D eigenvalue weighted by atomic mass is 9.97. The number of piperidine rings is 1. The third-order valence-electron chi connectivity index (χ3n) is 8.69. The van der Waals surface area contributed by atoms with Crippen LogP contribution in [-0.2, 0) is 11.2 Å². The average molecular weight is 694 g/mol. The molecule has 0 bridgehead atoms. The fraction of sp³-hybridized carbons (Fsp3) is 0.455. The summed E-state index contributed by atoms with van der Waals surface area (Å²) in [6, 6.07) is 9.04. The van der Waals surface area contributed by atoms with Crippen LogP contribution in [0.25, 0.3) is 11.0 Å². The van der Waals surface area contributed by atoms with Crippen LogP contribution < -0.4 is 25.6 Å². The van der Waals surface area contributed by atoms with E-state index < -0.39 is 7.92 Å². The first-order valence-corrected chi connectivity index (χ1v) is 18.7. The van der Waals surface area contributed by atoms with Crippen molar-refractivity contribution in [1.82, 2.24) is 24.8 Å². The summed E-state index contributed by atoms with van der Waals surface area (Å²) in [4.78, 5) is 23.7. The van der Waals surface area contributed by atoms with Crippen molar-refractivity contribution in [1.29, 1.82) is 0 Å². The highest BCUT2D eigenvalue weighted by Gasteiger charge is 2.34. The van der Waals surface area contributed by atoms with Crippen LogP contribution in [0.3, 0.4) is 0 Å². The Morgan fingerprint density at radius 2 is 1.78 bits per heavy atom. The van der Waals surface area contributed by atoms with E-state index in [9.17, 15) is 0 Å². The van der Waals surface area contributed by atoms with Crippen molar-refractivity contribution in [2.24, 2.45) is 0 Å². The van der Waals surface area contributed by atoms with Gasteiger partial charge in [0.25, 0.3) is 0 Å². The minimum Gasteiger partial charge on any atom is -0.494 e. The van der Waals surface area contributed by atoms with Crippen LogP contribution in [0.5, 0.6) is 5.75 Å². The van der Waals surface area contributed by atoms with E-state index in [4.69, 9.17) is 14.5 Å². The quantitative estimate of drug-likeness (QED) is 0.174.